The second-order valence-corrected chi connectivity index (χ2v) is 14.5. The SMILES string of the molecule is [CH2-]C(CN[C-]1CC(C)(C)NC(C)(C)C1)OCc1cc(C)cc(COC([CH2-])CO[C-]2CC(C)(C)NC(C)(C)C2)c1.[U+2].[U+2]. The molecule has 0 amide bonds. The Morgan fingerprint density at radius 1 is 0.756 bits per heavy atom. The normalized spacial score (nSPS) is 23.2. The van der Waals surface area contributed by atoms with Crippen molar-refractivity contribution in [2.75, 3.05) is 13.2 Å². The molecule has 2 atom stereocenters. The summed E-state index contributed by atoms with van der Waals surface area (Å²) in [6, 6.07) is 7.84. The van der Waals surface area contributed by atoms with Crippen LogP contribution in [0.1, 0.15) is 97.8 Å². The molecule has 2 fully saturated rings. The summed E-state index contributed by atoms with van der Waals surface area (Å²) in [6.07, 6.45) is 4.57. The quantitative estimate of drug-likeness (QED) is 0.224. The smallest absolute Gasteiger partial charge is 0.549 e. The molecule has 1 aromatic carbocycles. The van der Waals surface area contributed by atoms with Crippen molar-refractivity contribution in [3.05, 3.63) is 60.9 Å². The second kappa shape index (κ2) is 16.6. The number of benzene rings is 1. The molecule has 2 aliphatic heterocycles. The zero-order chi connectivity index (χ0) is 29.1. The van der Waals surface area contributed by atoms with Crippen molar-refractivity contribution in [2.45, 2.75) is 136 Å². The van der Waals surface area contributed by atoms with Crippen molar-refractivity contribution in [3.63, 3.8) is 0 Å². The molecule has 2 heterocycles. The number of piperidine rings is 2. The molecule has 2 saturated heterocycles. The van der Waals surface area contributed by atoms with E-state index in [-0.39, 0.29) is 96.6 Å². The Morgan fingerprint density at radius 3 is 1.68 bits per heavy atom. The largest absolute Gasteiger partial charge is 2.00 e. The zero-order valence-corrected chi connectivity index (χ0v) is 35.5. The molecule has 3 N–H and O–H groups in total. The number of ether oxygens (including phenoxy) is 3. The molecule has 41 heavy (non-hydrogen) atoms. The fourth-order valence-corrected chi connectivity index (χ4v) is 6.53. The van der Waals surface area contributed by atoms with Crippen molar-refractivity contribution < 1.29 is 76.4 Å². The minimum Gasteiger partial charge on any atom is -0.549 e. The third kappa shape index (κ3) is 14.8. The third-order valence-corrected chi connectivity index (χ3v) is 7.16. The predicted octanol–water partition coefficient (Wildman–Crippen LogP) is 5.98. The van der Waals surface area contributed by atoms with Crippen LogP contribution in [0.2, 0.25) is 0 Å². The number of aryl methyl sites for hydroxylation is 1. The van der Waals surface area contributed by atoms with Gasteiger partial charge in [-0.15, -0.1) is 25.7 Å². The number of hydrogen-bond donors (Lipinski definition) is 3. The first-order valence-electron chi connectivity index (χ1n) is 14.5. The standard InChI is InChI=1S/C33H55N3O3.2U/c1-23-12-26(21-37-24(2)19-34-28-15-30(4,5)35-31(6,7)16-28)14-27(13-23)22-38-25(3)20-39-29-17-32(8,9)36-33(10,11)18-29;;/h12-14,24-25,34-36H,2-3,15-22H2,1,4-11H3;;/q-4;2*+2. The summed E-state index contributed by atoms with van der Waals surface area (Å²) in [5.41, 5.74) is 3.66. The molecule has 0 radical (unpaired) electrons. The molecule has 228 valence electrons. The monoisotopic (exact) mass is 1020 g/mol. The van der Waals surface area contributed by atoms with Crippen LogP contribution in [-0.4, -0.2) is 47.5 Å². The minimum atomic E-state index is -0.239. The van der Waals surface area contributed by atoms with Crippen LogP contribution in [0.15, 0.2) is 18.2 Å². The van der Waals surface area contributed by atoms with E-state index in [1.165, 1.54) is 11.6 Å². The first-order valence-corrected chi connectivity index (χ1v) is 14.5. The van der Waals surface area contributed by atoms with Gasteiger partial charge < -0.3 is 44.0 Å². The molecule has 0 bridgehead atoms. The van der Waals surface area contributed by atoms with Crippen LogP contribution in [0.3, 0.4) is 0 Å². The molecular weight excluding hydrogens is 962 g/mol. The summed E-state index contributed by atoms with van der Waals surface area (Å²) < 4.78 is 18.3. The summed E-state index contributed by atoms with van der Waals surface area (Å²) in [7, 11) is 0. The van der Waals surface area contributed by atoms with E-state index in [0.29, 0.717) is 26.4 Å². The van der Waals surface area contributed by atoms with Crippen LogP contribution in [-0.2, 0) is 27.4 Å². The van der Waals surface area contributed by atoms with Crippen LogP contribution < -0.4 is 16.0 Å². The molecule has 0 saturated carbocycles. The molecule has 6 nitrogen and oxygen atoms in total. The van der Waals surface area contributed by atoms with Gasteiger partial charge in [0.2, 0.25) is 0 Å². The predicted molar refractivity (Wildman–Crippen MR) is 161 cm³/mol. The van der Waals surface area contributed by atoms with Crippen LogP contribution in [0, 0.1) is 95.1 Å². The first kappa shape index (κ1) is 40.1. The Kier molecular flexibility index (Phi) is 16.2. The summed E-state index contributed by atoms with van der Waals surface area (Å²) in [5.74, 6) is 0. The van der Waals surface area contributed by atoms with Crippen molar-refractivity contribution in [1.29, 1.82) is 0 Å². The van der Waals surface area contributed by atoms with Crippen LogP contribution in [0.25, 0.3) is 0 Å². The van der Waals surface area contributed by atoms with Gasteiger partial charge in [0.1, 0.15) is 0 Å². The van der Waals surface area contributed by atoms with Crippen molar-refractivity contribution in [3.8, 4) is 0 Å². The average molecular weight is 1020 g/mol. The van der Waals surface area contributed by atoms with Crippen molar-refractivity contribution in [2.24, 2.45) is 0 Å². The summed E-state index contributed by atoms with van der Waals surface area (Å²) in [5, 5.41) is 11.0. The van der Waals surface area contributed by atoms with Crippen LogP contribution in [0.4, 0.5) is 0 Å². The van der Waals surface area contributed by atoms with Crippen LogP contribution in [0.5, 0.6) is 0 Å². The first-order chi connectivity index (χ1) is 17.9. The van der Waals surface area contributed by atoms with Gasteiger partial charge in [0.15, 0.2) is 0 Å². The Labute approximate surface area is 299 Å². The fraction of sp³-hybridized carbons (Fsp3) is 0.697. The topological polar surface area (TPSA) is 63.8 Å². The molecule has 0 aliphatic carbocycles. The van der Waals surface area contributed by atoms with Gasteiger partial charge in [0.05, 0.1) is 13.2 Å². The second-order valence-electron chi connectivity index (χ2n) is 14.5. The van der Waals surface area contributed by atoms with E-state index >= 15 is 0 Å². The molecule has 0 spiro atoms. The van der Waals surface area contributed by atoms with Gasteiger partial charge in [-0.25, -0.2) is 0 Å². The van der Waals surface area contributed by atoms with Gasteiger partial charge in [0, 0.05) is 6.61 Å². The Morgan fingerprint density at radius 2 is 1.20 bits per heavy atom. The van der Waals surface area contributed by atoms with E-state index in [4.69, 9.17) is 14.2 Å². The summed E-state index contributed by atoms with van der Waals surface area (Å²) in [4.78, 5) is 0. The van der Waals surface area contributed by atoms with Gasteiger partial charge in [-0.3, -0.25) is 6.04 Å². The summed E-state index contributed by atoms with van der Waals surface area (Å²) in [6.45, 7) is 30.6. The van der Waals surface area contributed by atoms with E-state index in [0.717, 1.165) is 42.9 Å². The molecule has 3 rings (SSSR count). The van der Waals surface area contributed by atoms with Gasteiger partial charge >= 0.3 is 62.2 Å². The summed E-state index contributed by atoms with van der Waals surface area (Å²) >= 11 is 0. The van der Waals surface area contributed by atoms with E-state index in [2.05, 4.69) is 110 Å². The van der Waals surface area contributed by atoms with Crippen molar-refractivity contribution in [1.82, 2.24) is 16.0 Å². The van der Waals surface area contributed by atoms with Gasteiger partial charge in [-0.05, 0) is 108 Å². The molecule has 2 aliphatic rings. The Balaban J connectivity index is 0.00000420. The van der Waals surface area contributed by atoms with Gasteiger partial charge in [-0.1, -0.05) is 29.9 Å². The van der Waals surface area contributed by atoms with E-state index < -0.39 is 0 Å². The Bertz CT molecular complexity index is 836. The van der Waals surface area contributed by atoms with E-state index in [9.17, 15) is 0 Å². The number of hydrogen-bond acceptors (Lipinski definition) is 6. The third-order valence-electron chi connectivity index (χ3n) is 7.16. The van der Waals surface area contributed by atoms with E-state index in [1.54, 1.807) is 0 Å². The number of nitrogens with one attached hydrogen (secondary N) is 3. The molecular formula is C33H55N3O3U2. The molecule has 1 aromatic rings. The maximum Gasteiger partial charge on any atom is 2.00 e. The number of rotatable bonds is 12. The Hall–Kier alpha value is 1.08. The zero-order valence-electron chi connectivity index (χ0n) is 27.2. The minimum absolute atomic E-state index is 0. The average Bonchev–Trinajstić information content (AvgIpc) is 2.74. The van der Waals surface area contributed by atoms with Crippen LogP contribution >= 0.6 is 0 Å². The molecule has 2 unspecified atom stereocenters. The maximum atomic E-state index is 6.16. The van der Waals surface area contributed by atoms with E-state index in [1.807, 2.05) is 0 Å². The maximum absolute atomic E-state index is 6.16. The molecule has 0 aromatic heterocycles. The van der Waals surface area contributed by atoms with Gasteiger partial charge in [0.25, 0.3) is 0 Å². The fourth-order valence-electron chi connectivity index (χ4n) is 6.53. The molecule has 8 heteroatoms. The van der Waals surface area contributed by atoms with Gasteiger partial charge in [-0.2, -0.15) is 6.10 Å². The van der Waals surface area contributed by atoms with Crippen molar-refractivity contribution >= 4 is 0 Å².